The van der Waals surface area contributed by atoms with E-state index < -0.39 is 11.8 Å². The molecule has 2 aliphatic heterocycles. The Kier molecular flexibility index (Phi) is 4.63. The van der Waals surface area contributed by atoms with E-state index in [1.807, 2.05) is 35.2 Å². The van der Waals surface area contributed by atoms with E-state index in [0.29, 0.717) is 31.7 Å². The van der Waals surface area contributed by atoms with Crippen molar-refractivity contribution in [3.8, 4) is 0 Å². The highest BCUT2D eigenvalue weighted by molar-refractivity contribution is 6.16. The molecule has 2 aromatic rings. The number of nitrogens with two attached hydrogens (primary N) is 1. The standard InChI is InChI=1S/C21H21F2N3O2/c22-21(23)8-10-25(11-9-21)12-14-4-6-16(7-5-14)26-13-15-2-1-3-17(19(24)27)18(15)20(26)28/h1-7H,8-13H2,(H2,24,27). The number of carbonyl (C=O) groups is 2. The van der Waals surface area contributed by atoms with E-state index in [0.717, 1.165) is 16.8 Å². The number of piperidine rings is 1. The lowest BCUT2D eigenvalue weighted by atomic mass is 10.0. The molecule has 2 aromatic carbocycles. The molecule has 0 spiro atoms. The number of rotatable bonds is 4. The maximum absolute atomic E-state index is 13.3. The molecule has 0 atom stereocenters. The highest BCUT2D eigenvalue weighted by Crippen LogP contribution is 2.31. The number of primary amides is 1. The number of hydrogen-bond acceptors (Lipinski definition) is 3. The maximum Gasteiger partial charge on any atom is 0.259 e. The minimum absolute atomic E-state index is 0.103. The van der Waals surface area contributed by atoms with Gasteiger partial charge in [-0.25, -0.2) is 8.78 Å². The highest BCUT2D eigenvalue weighted by Gasteiger charge is 2.34. The second-order valence-electron chi connectivity index (χ2n) is 7.39. The zero-order valence-electron chi connectivity index (χ0n) is 15.3. The van der Waals surface area contributed by atoms with Crippen LogP contribution in [0.15, 0.2) is 42.5 Å². The van der Waals surface area contributed by atoms with Gasteiger partial charge in [-0.15, -0.1) is 0 Å². The summed E-state index contributed by atoms with van der Waals surface area (Å²) in [7, 11) is 0. The van der Waals surface area contributed by atoms with Gasteiger partial charge in [0, 0.05) is 38.2 Å². The second-order valence-corrected chi connectivity index (χ2v) is 7.39. The third-order valence-electron chi connectivity index (χ3n) is 5.45. The molecular weight excluding hydrogens is 364 g/mol. The topological polar surface area (TPSA) is 66.6 Å². The van der Waals surface area contributed by atoms with E-state index in [-0.39, 0.29) is 24.3 Å². The van der Waals surface area contributed by atoms with Crippen molar-refractivity contribution in [3.05, 3.63) is 64.7 Å². The van der Waals surface area contributed by atoms with Crippen LogP contribution in [0.5, 0.6) is 0 Å². The van der Waals surface area contributed by atoms with E-state index in [1.54, 1.807) is 17.0 Å². The van der Waals surface area contributed by atoms with Gasteiger partial charge >= 0.3 is 0 Å². The molecule has 2 N–H and O–H groups in total. The minimum atomic E-state index is -2.55. The lowest BCUT2D eigenvalue weighted by Crippen LogP contribution is -2.38. The molecule has 0 bridgehead atoms. The Balaban J connectivity index is 1.47. The number of halogens is 2. The lowest BCUT2D eigenvalue weighted by Gasteiger charge is -2.31. The Morgan fingerprint density at radius 2 is 1.75 bits per heavy atom. The molecule has 2 aliphatic rings. The zero-order valence-corrected chi connectivity index (χ0v) is 15.3. The normalized spacial score (nSPS) is 18.9. The number of alkyl halides is 2. The van der Waals surface area contributed by atoms with Crippen LogP contribution in [0.1, 0.15) is 44.7 Å². The van der Waals surface area contributed by atoms with Crippen molar-refractivity contribution in [2.75, 3.05) is 18.0 Å². The van der Waals surface area contributed by atoms with Crippen molar-refractivity contribution in [1.29, 1.82) is 0 Å². The number of likely N-dealkylation sites (tertiary alicyclic amines) is 1. The molecule has 0 unspecified atom stereocenters. The Morgan fingerprint density at radius 3 is 2.39 bits per heavy atom. The molecule has 0 saturated carbocycles. The molecule has 5 nitrogen and oxygen atoms in total. The number of amides is 2. The van der Waals surface area contributed by atoms with Gasteiger partial charge in [-0.3, -0.25) is 14.5 Å². The average Bonchev–Trinajstić information content (AvgIpc) is 3.01. The van der Waals surface area contributed by atoms with Crippen LogP contribution in [0.4, 0.5) is 14.5 Å². The fraction of sp³-hybridized carbons (Fsp3) is 0.333. The van der Waals surface area contributed by atoms with Crippen LogP contribution in [0.3, 0.4) is 0 Å². The summed E-state index contributed by atoms with van der Waals surface area (Å²) in [5.41, 5.74) is 8.52. The van der Waals surface area contributed by atoms with Crippen LogP contribution in [-0.2, 0) is 13.1 Å². The van der Waals surface area contributed by atoms with E-state index in [2.05, 4.69) is 0 Å². The predicted octanol–water partition coefficient (Wildman–Crippen LogP) is 3.18. The van der Waals surface area contributed by atoms with Crippen LogP contribution < -0.4 is 10.6 Å². The first kappa shape index (κ1) is 18.6. The second kappa shape index (κ2) is 6.98. The van der Waals surface area contributed by atoms with E-state index in [9.17, 15) is 18.4 Å². The number of anilines is 1. The van der Waals surface area contributed by atoms with Crippen LogP contribution in [0.2, 0.25) is 0 Å². The van der Waals surface area contributed by atoms with Gasteiger partial charge in [-0.05, 0) is 29.3 Å². The molecule has 146 valence electrons. The molecule has 0 radical (unpaired) electrons. The largest absolute Gasteiger partial charge is 0.366 e. The molecule has 4 rings (SSSR count). The first-order chi connectivity index (χ1) is 13.3. The third kappa shape index (κ3) is 3.49. The molecule has 7 heteroatoms. The molecule has 28 heavy (non-hydrogen) atoms. The van der Waals surface area contributed by atoms with Crippen molar-refractivity contribution in [2.45, 2.75) is 31.9 Å². The Hall–Kier alpha value is -2.80. The van der Waals surface area contributed by atoms with Crippen LogP contribution in [0.25, 0.3) is 0 Å². The quantitative estimate of drug-likeness (QED) is 0.879. The number of nitrogens with zero attached hydrogens (tertiary/aromatic N) is 2. The molecule has 1 fully saturated rings. The molecule has 1 saturated heterocycles. The van der Waals surface area contributed by atoms with Gasteiger partial charge in [-0.2, -0.15) is 0 Å². The summed E-state index contributed by atoms with van der Waals surface area (Å²) in [6.45, 7) is 1.75. The summed E-state index contributed by atoms with van der Waals surface area (Å²) >= 11 is 0. The summed E-state index contributed by atoms with van der Waals surface area (Å²) in [5, 5.41) is 0. The van der Waals surface area contributed by atoms with Crippen molar-refractivity contribution in [2.24, 2.45) is 5.73 Å². The van der Waals surface area contributed by atoms with Crippen molar-refractivity contribution < 1.29 is 18.4 Å². The van der Waals surface area contributed by atoms with Crippen LogP contribution >= 0.6 is 0 Å². The summed E-state index contributed by atoms with van der Waals surface area (Å²) < 4.78 is 26.6. The summed E-state index contributed by atoms with van der Waals surface area (Å²) in [5.74, 6) is -3.40. The van der Waals surface area contributed by atoms with Gasteiger partial charge < -0.3 is 10.6 Å². The fourth-order valence-electron chi connectivity index (χ4n) is 3.85. The lowest BCUT2D eigenvalue weighted by molar-refractivity contribution is -0.0566. The fourth-order valence-corrected chi connectivity index (χ4v) is 3.85. The SMILES string of the molecule is NC(=O)c1cccc2c1C(=O)N(c1ccc(CN3CCC(F)(F)CC3)cc1)C2. The minimum Gasteiger partial charge on any atom is -0.366 e. The van der Waals surface area contributed by atoms with Crippen molar-refractivity contribution in [3.63, 3.8) is 0 Å². The molecule has 2 amide bonds. The summed E-state index contributed by atoms with van der Waals surface area (Å²) in [6, 6.07) is 12.6. The van der Waals surface area contributed by atoms with Crippen molar-refractivity contribution in [1.82, 2.24) is 4.90 Å². The van der Waals surface area contributed by atoms with E-state index in [1.165, 1.54) is 0 Å². The monoisotopic (exact) mass is 385 g/mol. The van der Waals surface area contributed by atoms with Crippen LogP contribution in [0, 0.1) is 0 Å². The smallest absolute Gasteiger partial charge is 0.259 e. The van der Waals surface area contributed by atoms with Gasteiger partial charge in [0.25, 0.3) is 11.8 Å². The van der Waals surface area contributed by atoms with Gasteiger partial charge in [0.05, 0.1) is 17.7 Å². The highest BCUT2D eigenvalue weighted by atomic mass is 19.3. The number of carbonyl (C=O) groups excluding carboxylic acids is 2. The summed E-state index contributed by atoms with van der Waals surface area (Å²) in [4.78, 5) is 28.1. The maximum atomic E-state index is 13.3. The van der Waals surface area contributed by atoms with E-state index in [4.69, 9.17) is 5.73 Å². The number of benzene rings is 2. The number of hydrogen-bond donors (Lipinski definition) is 1. The van der Waals surface area contributed by atoms with E-state index >= 15 is 0 Å². The van der Waals surface area contributed by atoms with Crippen molar-refractivity contribution >= 4 is 17.5 Å². The van der Waals surface area contributed by atoms with Gasteiger partial charge in [0.15, 0.2) is 0 Å². The Labute approximate surface area is 161 Å². The van der Waals surface area contributed by atoms with Crippen LogP contribution in [-0.4, -0.2) is 35.7 Å². The summed E-state index contributed by atoms with van der Waals surface area (Å²) in [6.07, 6.45) is -0.207. The molecular formula is C21H21F2N3O2. The Morgan fingerprint density at radius 1 is 1.07 bits per heavy atom. The Bertz CT molecular complexity index is 918. The zero-order chi connectivity index (χ0) is 19.9. The van der Waals surface area contributed by atoms with Gasteiger partial charge in [-0.1, -0.05) is 24.3 Å². The van der Waals surface area contributed by atoms with Gasteiger partial charge in [0.2, 0.25) is 5.91 Å². The molecule has 0 aromatic heterocycles. The molecule has 0 aliphatic carbocycles. The third-order valence-corrected chi connectivity index (χ3v) is 5.45. The van der Waals surface area contributed by atoms with Gasteiger partial charge in [0.1, 0.15) is 0 Å². The first-order valence-electron chi connectivity index (χ1n) is 9.27. The average molecular weight is 385 g/mol. The first-order valence-corrected chi connectivity index (χ1v) is 9.27. The number of fused-ring (bicyclic) bond motifs is 1. The predicted molar refractivity (Wildman–Crippen MR) is 101 cm³/mol. The molecule has 2 heterocycles.